The van der Waals surface area contributed by atoms with Crippen LogP contribution in [0.2, 0.25) is 0 Å². The molecule has 39 heavy (non-hydrogen) atoms. The average Bonchev–Trinajstić information content (AvgIpc) is 3.28. The molecule has 0 fully saturated rings. The fraction of sp³-hybridized carbons (Fsp3) is 0.250. The van der Waals surface area contributed by atoms with Crippen LogP contribution in [0, 0.1) is 0 Å². The molecule has 1 aromatic heterocycles. The van der Waals surface area contributed by atoms with E-state index >= 15 is 0 Å². The van der Waals surface area contributed by atoms with Crippen molar-refractivity contribution in [3.05, 3.63) is 107 Å². The second-order valence-electron chi connectivity index (χ2n) is 10.0. The molecular formula is C32H34N4O3. The molecule has 0 bridgehead atoms. The lowest BCUT2D eigenvalue weighted by Crippen LogP contribution is -2.31. The van der Waals surface area contributed by atoms with Gasteiger partial charge in [-0.25, -0.2) is 0 Å². The molecule has 0 spiro atoms. The number of carbonyl (C=O) groups excluding carboxylic acids is 2. The van der Waals surface area contributed by atoms with Gasteiger partial charge in [-0.15, -0.1) is 0 Å². The van der Waals surface area contributed by atoms with Crippen LogP contribution in [-0.2, 0) is 13.1 Å². The first-order valence-corrected chi connectivity index (χ1v) is 13.2. The number of nitrogens with zero attached hydrogens (tertiary/aromatic N) is 3. The Morgan fingerprint density at radius 3 is 2.41 bits per heavy atom. The van der Waals surface area contributed by atoms with E-state index < -0.39 is 0 Å². The molecule has 2 amide bonds. The topological polar surface area (TPSA) is 66.8 Å². The number of fused-ring (bicyclic) bond motifs is 2. The smallest absolute Gasteiger partial charge is 0.267 e. The first-order chi connectivity index (χ1) is 19.0. The van der Waals surface area contributed by atoms with Crippen LogP contribution < -0.4 is 15.0 Å². The van der Waals surface area contributed by atoms with Crippen molar-refractivity contribution in [2.45, 2.75) is 19.5 Å². The highest BCUT2D eigenvalue weighted by Crippen LogP contribution is 2.32. The predicted octanol–water partition coefficient (Wildman–Crippen LogP) is 5.05. The van der Waals surface area contributed by atoms with Crippen LogP contribution in [0.3, 0.4) is 0 Å². The molecule has 200 valence electrons. The first-order valence-electron chi connectivity index (χ1n) is 13.2. The number of nitrogens with one attached hydrogen (secondary N) is 1. The summed E-state index contributed by atoms with van der Waals surface area (Å²) < 4.78 is 7.53. The highest BCUT2D eigenvalue weighted by atomic mass is 16.5. The van der Waals surface area contributed by atoms with E-state index in [4.69, 9.17) is 4.74 Å². The minimum Gasteiger partial charge on any atom is -0.496 e. The Hall–Kier alpha value is -4.36. The second-order valence-corrected chi connectivity index (χ2v) is 10.0. The summed E-state index contributed by atoms with van der Waals surface area (Å²) in [7, 11) is 5.70. The van der Waals surface area contributed by atoms with Crippen LogP contribution >= 0.6 is 0 Å². The Balaban J connectivity index is 1.41. The van der Waals surface area contributed by atoms with Gasteiger partial charge in [0.1, 0.15) is 11.4 Å². The van der Waals surface area contributed by atoms with E-state index in [-0.39, 0.29) is 11.8 Å². The van der Waals surface area contributed by atoms with Crippen LogP contribution in [0.5, 0.6) is 5.75 Å². The fourth-order valence-corrected chi connectivity index (χ4v) is 5.06. The van der Waals surface area contributed by atoms with Gasteiger partial charge >= 0.3 is 0 Å². The van der Waals surface area contributed by atoms with E-state index in [1.165, 1.54) is 0 Å². The van der Waals surface area contributed by atoms with Crippen molar-refractivity contribution < 1.29 is 14.3 Å². The molecule has 1 N–H and O–H groups in total. The van der Waals surface area contributed by atoms with Gasteiger partial charge in [-0.05, 0) is 74.6 Å². The van der Waals surface area contributed by atoms with Crippen molar-refractivity contribution in [3.63, 3.8) is 0 Å². The van der Waals surface area contributed by atoms with E-state index in [1.807, 2.05) is 108 Å². The van der Waals surface area contributed by atoms with Gasteiger partial charge in [-0.1, -0.05) is 48.5 Å². The van der Waals surface area contributed by atoms with Crippen LogP contribution in [0.4, 0.5) is 5.69 Å². The zero-order valence-corrected chi connectivity index (χ0v) is 22.7. The van der Waals surface area contributed by atoms with E-state index in [9.17, 15) is 9.59 Å². The number of para-hydroxylation sites is 2. The third-order valence-electron chi connectivity index (χ3n) is 7.10. The lowest BCUT2D eigenvalue weighted by molar-refractivity contribution is 0.0942. The Morgan fingerprint density at radius 1 is 0.897 bits per heavy atom. The van der Waals surface area contributed by atoms with Gasteiger partial charge in [0.2, 0.25) is 0 Å². The van der Waals surface area contributed by atoms with Gasteiger partial charge in [-0.3, -0.25) is 9.59 Å². The maximum atomic E-state index is 13.9. The van der Waals surface area contributed by atoms with Crippen molar-refractivity contribution in [1.29, 1.82) is 0 Å². The number of rotatable bonds is 8. The maximum Gasteiger partial charge on any atom is 0.267 e. The van der Waals surface area contributed by atoms with Crippen LogP contribution in [-0.4, -0.2) is 55.6 Å². The quantitative estimate of drug-likeness (QED) is 0.329. The molecular weight excluding hydrogens is 488 g/mol. The number of methoxy groups -OCH3 is 1. The zero-order valence-electron chi connectivity index (χ0n) is 22.7. The van der Waals surface area contributed by atoms with Crippen LogP contribution in [0.15, 0.2) is 84.9 Å². The van der Waals surface area contributed by atoms with Crippen molar-refractivity contribution in [1.82, 2.24) is 14.8 Å². The summed E-state index contributed by atoms with van der Waals surface area (Å²) in [5.74, 6) is 0.610. The summed E-state index contributed by atoms with van der Waals surface area (Å²) in [5, 5.41) is 3.05. The zero-order chi connectivity index (χ0) is 27.4. The highest BCUT2D eigenvalue weighted by Gasteiger charge is 2.27. The van der Waals surface area contributed by atoms with Crippen molar-refractivity contribution in [2.75, 3.05) is 39.2 Å². The number of ether oxygens (including phenoxy) is 1. The molecule has 7 heteroatoms. The molecule has 0 radical (unpaired) electrons. The van der Waals surface area contributed by atoms with Gasteiger partial charge in [0.05, 0.1) is 20.2 Å². The van der Waals surface area contributed by atoms with E-state index in [0.717, 1.165) is 46.8 Å². The maximum absolute atomic E-state index is 13.9. The minimum atomic E-state index is -0.0933. The van der Waals surface area contributed by atoms with E-state index in [2.05, 4.69) is 10.2 Å². The summed E-state index contributed by atoms with van der Waals surface area (Å²) in [4.78, 5) is 30.8. The number of amides is 2. The lowest BCUT2D eigenvalue weighted by atomic mass is 10.0. The molecule has 1 aliphatic heterocycles. The van der Waals surface area contributed by atoms with E-state index in [0.29, 0.717) is 30.9 Å². The molecule has 0 unspecified atom stereocenters. The highest BCUT2D eigenvalue weighted by molar-refractivity contribution is 6.07. The van der Waals surface area contributed by atoms with Gasteiger partial charge in [0.15, 0.2) is 0 Å². The minimum absolute atomic E-state index is 0.0848. The molecule has 0 aliphatic carbocycles. The number of aromatic nitrogens is 1. The molecule has 0 saturated heterocycles. The summed E-state index contributed by atoms with van der Waals surface area (Å²) in [6, 6.07) is 27.2. The summed E-state index contributed by atoms with van der Waals surface area (Å²) in [6.45, 7) is 2.42. The monoisotopic (exact) mass is 522 g/mol. The SMILES string of the molecule is COc1ccccc1-c1ccc(C(=O)N2Cc3ccc(C(=O)NCCCN(C)C)n3Cc3ccccc32)cc1. The first kappa shape index (κ1) is 26.3. The number of carbonyl (C=O) groups is 2. The largest absolute Gasteiger partial charge is 0.496 e. The van der Waals surface area contributed by atoms with E-state index in [1.54, 1.807) is 7.11 Å². The van der Waals surface area contributed by atoms with Gasteiger partial charge in [-0.2, -0.15) is 0 Å². The summed E-state index contributed by atoms with van der Waals surface area (Å²) in [5.41, 5.74) is 5.94. The molecule has 5 rings (SSSR count). The standard InChI is InChI=1S/C32H34N4O3/c1-34(2)20-8-19-33-31(37)29-18-17-26-22-36(28-11-6-4-9-25(28)21-35(26)29)32(38)24-15-13-23(14-16-24)27-10-5-7-12-30(27)39-3/h4-7,9-18H,8,19-22H2,1-3H3,(H,33,37). The Bertz CT molecular complexity index is 1470. The number of hydrogen-bond donors (Lipinski definition) is 1. The number of anilines is 1. The normalized spacial score (nSPS) is 12.5. The van der Waals surface area contributed by atoms with Crippen molar-refractivity contribution in [2.24, 2.45) is 0 Å². The predicted molar refractivity (Wildman–Crippen MR) is 154 cm³/mol. The second kappa shape index (κ2) is 11.6. The molecule has 1 aliphatic rings. The molecule has 0 atom stereocenters. The third kappa shape index (κ3) is 5.59. The Morgan fingerprint density at radius 2 is 1.64 bits per heavy atom. The van der Waals surface area contributed by atoms with Gasteiger partial charge in [0.25, 0.3) is 11.8 Å². The summed E-state index contributed by atoms with van der Waals surface area (Å²) in [6.07, 6.45) is 0.882. The third-order valence-corrected chi connectivity index (χ3v) is 7.10. The van der Waals surface area contributed by atoms with Crippen molar-refractivity contribution in [3.8, 4) is 16.9 Å². The fourth-order valence-electron chi connectivity index (χ4n) is 5.06. The molecule has 2 heterocycles. The van der Waals surface area contributed by atoms with Crippen molar-refractivity contribution >= 4 is 17.5 Å². The van der Waals surface area contributed by atoms with Gasteiger partial charge < -0.3 is 24.4 Å². The molecule has 0 saturated carbocycles. The number of benzene rings is 3. The van der Waals surface area contributed by atoms with Gasteiger partial charge in [0, 0.05) is 29.1 Å². The Labute approximate surface area is 229 Å². The Kier molecular flexibility index (Phi) is 7.79. The molecule has 7 nitrogen and oxygen atoms in total. The van der Waals surface area contributed by atoms with Crippen LogP contribution in [0.1, 0.15) is 38.5 Å². The molecule has 3 aromatic carbocycles. The van der Waals surface area contributed by atoms with Crippen LogP contribution in [0.25, 0.3) is 11.1 Å². The summed E-state index contributed by atoms with van der Waals surface area (Å²) >= 11 is 0. The average molecular weight is 523 g/mol. The molecule has 4 aromatic rings. The lowest BCUT2D eigenvalue weighted by Gasteiger charge is -2.23. The number of hydrogen-bond acceptors (Lipinski definition) is 4.